The van der Waals surface area contributed by atoms with Gasteiger partial charge in [-0.15, -0.1) is 0 Å². The van der Waals surface area contributed by atoms with Crippen LogP contribution in [0.3, 0.4) is 0 Å². The van der Waals surface area contributed by atoms with E-state index in [4.69, 9.17) is 0 Å². The summed E-state index contributed by atoms with van der Waals surface area (Å²) in [7, 11) is 0. The van der Waals surface area contributed by atoms with Crippen molar-refractivity contribution in [2.45, 2.75) is 12.2 Å². The van der Waals surface area contributed by atoms with Crippen LogP contribution >= 0.6 is 0 Å². The molecule has 1 aromatic carbocycles. The van der Waals surface area contributed by atoms with Gasteiger partial charge in [0.05, 0.1) is 0 Å². The van der Waals surface area contributed by atoms with Crippen molar-refractivity contribution in [2.24, 2.45) is 0 Å². The fourth-order valence-corrected chi connectivity index (χ4v) is 5.11. The molecule has 14 heavy (non-hydrogen) atoms. The second-order valence-corrected chi connectivity index (χ2v) is 7.63. The van der Waals surface area contributed by atoms with Gasteiger partial charge in [-0.25, -0.2) is 0 Å². The molecule has 0 unspecified atom stereocenters. The molecule has 0 amide bonds. The Balaban J connectivity index is 2.60. The monoisotopic (exact) mass is 318 g/mol. The van der Waals surface area contributed by atoms with E-state index in [2.05, 4.69) is 24.0 Å². The van der Waals surface area contributed by atoms with Crippen molar-refractivity contribution in [2.75, 3.05) is 0 Å². The molecule has 1 heterocycles. The zero-order chi connectivity index (χ0) is 9.97. The molecule has 0 saturated carbocycles. The van der Waals surface area contributed by atoms with Crippen LogP contribution in [0.25, 0.3) is 9.65 Å². The van der Waals surface area contributed by atoms with E-state index in [1.165, 1.54) is 14.1 Å². The van der Waals surface area contributed by atoms with Crippen LogP contribution < -0.4 is 4.46 Å². The van der Waals surface area contributed by atoms with Crippen molar-refractivity contribution < 1.29 is 4.79 Å². The van der Waals surface area contributed by atoms with Gasteiger partial charge >= 0.3 is 95.6 Å². The van der Waals surface area contributed by atoms with E-state index in [1.807, 2.05) is 6.07 Å². The molecular formula is C11H10OSe2. The molecule has 2 rings (SSSR count). The first-order chi connectivity index (χ1) is 6.85. The SMILES string of the molecule is CC[Se]c1cc2[se]ccc2cc1C=O. The van der Waals surface area contributed by atoms with Crippen LogP contribution in [0.15, 0.2) is 23.1 Å². The van der Waals surface area contributed by atoms with Crippen LogP contribution in [0.2, 0.25) is 5.32 Å². The average molecular weight is 316 g/mol. The van der Waals surface area contributed by atoms with Gasteiger partial charge in [-0.1, -0.05) is 0 Å². The maximum atomic E-state index is 10.9. The summed E-state index contributed by atoms with van der Waals surface area (Å²) < 4.78 is 2.72. The van der Waals surface area contributed by atoms with E-state index in [-0.39, 0.29) is 0 Å². The summed E-state index contributed by atoms with van der Waals surface area (Å²) >= 11 is 0.958. The van der Waals surface area contributed by atoms with Gasteiger partial charge in [-0.3, -0.25) is 0 Å². The van der Waals surface area contributed by atoms with Gasteiger partial charge in [0.1, 0.15) is 0 Å². The van der Waals surface area contributed by atoms with Gasteiger partial charge in [0.25, 0.3) is 0 Å². The number of carbonyl (C=O) groups is 1. The van der Waals surface area contributed by atoms with Crippen LogP contribution in [-0.4, -0.2) is 35.7 Å². The Morgan fingerprint density at radius 2 is 2.36 bits per heavy atom. The van der Waals surface area contributed by atoms with Crippen LogP contribution in [-0.2, 0) is 0 Å². The van der Waals surface area contributed by atoms with Gasteiger partial charge < -0.3 is 0 Å². The normalized spacial score (nSPS) is 10.6. The van der Waals surface area contributed by atoms with Gasteiger partial charge in [-0.05, 0) is 0 Å². The third-order valence-corrected chi connectivity index (χ3v) is 5.86. The van der Waals surface area contributed by atoms with Gasteiger partial charge in [-0.2, -0.15) is 0 Å². The molecule has 0 atom stereocenters. The quantitative estimate of drug-likeness (QED) is 0.619. The van der Waals surface area contributed by atoms with Crippen molar-refractivity contribution in [1.29, 1.82) is 0 Å². The van der Waals surface area contributed by atoms with Crippen molar-refractivity contribution in [1.82, 2.24) is 0 Å². The van der Waals surface area contributed by atoms with Gasteiger partial charge in [0.2, 0.25) is 0 Å². The Morgan fingerprint density at radius 3 is 3.07 bits per heavy atom. The first-order valence-corrected chi connectivity index (χ1v) is 8.35. The zero-order valence-electron chi connectivity index (χ0n) is 7.82. The number of benzene rings is 1. The van der Waals surface area contributed by atoms with E-state index in [1.54, 1.807) is 0 Å². The number of rotatable bonds is 3. The average Bonchev–Trinajstić information content (AvgIpc) is 2.64. The Hall–Kier alpha value is -0.331. The van der Waals surface area contributed by atoms with Crippen LogP contribution in [0.5, 0.6) is 0 Å². The first-order valence-electron chi connectivity index (χ1n) is 4.44. The zero-order valence-corrected chi connectivity index (χ0v) is 11.2. The molecule has 1 nitrogen and oxygen atoms in total. The van der Waals surface area contributed by atoms with Gasteiger partial charge in [0, 0.05) is 0 Å². The molecular weight excluding hydrogens is 306 g/mol. The number of hydrogen-bond donors (Lipinski definition) is 0. The van der Waals surface area contributed by atoms with Crippen LogP contribution in [0.1, 0.15) is 17.3 Å². The molecule has 0 aliphatic rings. The van der Waals surface area contributed by atoms with Gasteiger partial charge in [0.15, 0.2) is 0 Å². The number of aldehydes is 1. The number of carbonyl (C=O) groups excluding carboxylic acids is 1. The summed E-state index contributed by atoms with van der Waals surface area (Å²) in [6.07, 6.45) is 0.992. The first kappa shape index (κ1) is 10.2. The molecule has 0 spiro atoms. The van der Waals surface area contributed by atoms with Crippen molar-refractivity contribution in [3.05, 3.63) is 28.7 Å². The van der Waals surface area contributed by atoms with E-state index in [9.17, 15) is 4.79 Å². The Morgan fingerprint density at radius 1 is 1.50 bits per heavy atom. The molecule has 0 saturated heterocycles. The summed E-state index contributed by atoms with van der Waals surface area (Å²) in [5.74, 6) is 0. The second kappa shape index (κ2) is 4.46. The summed E-state index contributed by atoms with van der Waals surface area (Å²) in [6.45, 7) is 2.17. The maximum absolute atomic E-state index is 10.9. The van der Waals surface area contributed by atoms with E-state index in [0.29, 0.717) is 29.5 Å². The van der Waals surface area contributed by atoms with Crippen molar-refractivity contribution in [3.63, 3.8) is 0 Å². The molecule has 0 radical (unpaired) electrons. The fourth-order valence-electron chi connectivity index (χ4n) is 1.38. The van der Waals surface area contributed by atoms with E-state index >= 15 is 0 Å². The van der Waals surface area contributed by atoms with E-state index in [0.717, 1.165) is 17.2 Å². The number of fused-ring (bicyclic) bond motifs is 1. The van der Waals surface area contributed by atoms with Crippen molar-refractivity contribution >= 4 is 49.9 Å². The molecule has 72 valence electrons. The summed E-state index contributed by atoms with van der Waals surface area (Å²) in [5.41, 5.74) is 0.896. The predicted octanol–water partition coefficient (Wildman–Crippen LogP) is 1.48. The molecule has 0 aliphatic heterocycles. The van der Waals surface area contributed by atoms with E-state index < -0.39 is 0 Å². The Bertz CT molecular complexity index is 459. The molecule has 0 fully saturated rings. The minimum atomic E-state index is 0.462. The summed E-state index contributed by atoms with van der Waals surface area (Å²) in [6, 6.07) is 6.41. The van der Waals surface area contributed by atoms with Crippen LogP contribution in [0, 0.1) is 0 Å². The summed E-state index contributed by atoms with van der Waals surface area (Å²) in [5, 5.41) is 2.41. The predicted molar refractivity (Wildman–Crippen MR) is 62.1 cm³/mol. The molecule has 1 aromatic heterocycles. The molecule has 3 heteroatoms. The minimum absolute atomic E-state index is 0.462. The topological polar surface area (TPSA) is 17.1 Å². The Kier molecular flexibility index (Phi) is 3.25. The third kappa shape index (κ3) is 1.87. The molecule has 0 bridgehead atoms. The third-order valence-electron chi connectivity index (χ3n) is 2.01. The summed E-state index contributed by atoms with van der Waals surface area (Å²) in [4.78, 5) is 13.1. The number of hydrogen-bond acceptors (Lipinski definition) is 1. The Labute approximate surface area is 95.4 Å². The second-order valence-electron chi connectivity index (χ2n) is 2.90. The fraction of sp³-hybridized carbons (Fsp3) is 0.182. The standard InChI is InChI=1S/C11H10OSe2/c1-2-13-11-6-10-8(3-4-14-10)5-9(11)7-12/h3-7H,2H2,1H3. The molecule has 0 aliphatic carbocycles. The van der Waals surface area contributed by atoms with Crippen LogP contribution in [0.4, 0.5) is 0 Å². The van der Waals surface area contributed by atoms with Crippen molar-refractivity contribution in [3.8, 4) is 0 Å². The molecule has 0 N–H and O–H groups in total. The molecule has 2 aromatic rings.